The van der Waals surface area contributed by atoms with Crippen LogP contribution in [0.5, 0.6) is 0 Å². The number of thioether (sulfide) groups is 1. The van der Waals surface area contributed by atoms with Gasteiger partial charge in [0.1, 0.15) is 0 Å². The number of carbonyl (C=O) groups is 1. The standard InChI is InChI=1S/C9H16O2S/c1-11-9(10)7-12-8-5-3-2-4-6-8/h8H,2-7H2,1H3. The molecule has 0 N–H and O–H groups in total. The summed E-state index contributed by atoms with van der Waals surface area (Å²) >= 11 is 1.76. The quantitative estimate of drug-likeness (QED) is 0.635. The highest BCUT2D eigenvalue weighted by Crippen LogP contribution is 2.27. The van der Waals surface area contributed by atoms with E-state index in [1.165, 1.54) is 39.2 Å². The van der Waals surface area contributed by atoms with Gasteiger partial charge in [0.15, 0.2) is 0 Å². The van der Waals surface area contributed by atoms with E-state index in [-0.39, 0.29) is 5.97 Å². The van der Waals surface area contributed by atoms with Gasteiger partial charge < -0.3 is 4.74 Å². The van der Waals surface area contributed by atoms with Crippen LogP contribution in [-0.2, 0) is 9.53 Å². The summed E-state index contributed by atoms with van der Waals surface area (Å²) in [6.07, 6.45) is 6.59. The van der Waals surface area contributed by atoms with Crippen molar-refractivity contribution in [2.24, 2.45) is 0 Å². The Morgan fingerprint density at radius 3 is 2.67 bits per heavy atom. The predicted molar refractivity (Wildman–Crippen MR) is 51.3 cm³/mol. The van der Waals surface area contributed by atoms with Crippen molar-refractivity contribution in [3.63, 3.8) is 0 Å². The maximum Gasteiger partial charge on any atom is 0.315 e. The maximum absolute atomic E-state index is 10.8. The van der Waals surface area contributed by atoms with Crippen LogP contribution in [0, 0.1) is 0 Å². The lowest BCUT2D eigenvalue weighted by atomic mass is 10.0. The highest BCUT2D eigenvalue weighted by molar-refractivity contribution is 8.00. The normalized spacial score (nSPS) is 19.1. The highest BCUT2D eigenvalue weighted by Gasteiger charge is 2.14. The van der Waals surface area contributed by atoms with E-state index in [2.05, 4.69) is 4.74 Å². The molecule has 0 radical (unpaired) electrons. The average Bonchev–Trinajstić information content (AvgIpc) is 2.16. The van der Waals surface area contributed by atoms with Crippen molar-refractivity contribution < 1.29 is 9.53 Å². The Kier molecular flexibility index (Phi) is 4.51. The summed E-state index contributed by atoms with van der Waals surface area (Å²) in [6, 6.07) is 0. The average molecular weight is 188 g/mol. The van der Waals surface area contributed by atoms with E-state index in [0.29, 0.717) is 11.0 Å². The molecule has 0 amide bonds. The largest absolute Gasteiger partial charge is 0.468 e. The van der Waals surface area contributed by atoms with Crippen LogP contribution in [0.4, 0.5) is 0 Å². The molecule has 0 aliphatic heterocycles. The van der Waals surface area contributed by atoms with Crippen LogP contribution in [0.2, 0.25) is 0 Å². The number of hydrogen-bond donors (Lipinski definition) is 0. The first-order chi connectivity index (χ1) is 5.83. The zero-order chi connectivity index (χ0) is 8.81. The molecule has 1 aliphatic rings. The molecule has 70 valence electrons. The van der Waals surface area contributed by atoms with Gasteiger partial charge in [0.05, 0.1) is 12.9 Å². The number of methoxy groups -OCH3 is 1. The van der Waals surface area contributed by atoms with Crippen molar-refractivity contribution in [3.05, 3.63) is 0 Å². The second kappa shape index (κ2) is 5.46. The number of hydrogen-bond acceptors (Lipinski definition) is 3. The lowest BCUT2D eigenvalue weighted by Crippen LogP contribution is -2.12. The van der Waals surface area contributed by atoms with Crippen LogP contribution in [0.25, 0.3) is 0 Å². The van der Waals surface area contributed by atoms with E-state index >= 15 is 0 Å². The molecule has 0 unspecified atom stereocenters. The van der Waals surface area contributed by atoms with Gasteiger partial charge in [-0.05, 0) is 12.8 Å². The second-order valence-corrected chi connectivity index (χ2v) is 4.44. The minimum atomic E-state index is -0.0921. The highest BCUT2D eigenvalue weighted by atomic mass is 32.2. The van der Waals surface area contributed by atoms with Gasteiger partial charge in [-0.1, -0.05) is 19.3 Å². The molecule has 1 rings (SSSR count). The molecular formula is C9H16O2S. The molecular weight excluding hydrogens is 172 g/mol. The number of carbonyl (C=O) groups excluding carboxylic acids is 1. The monoisotopic (exact) mass is 188 g/mol. The zero-order valence-electron chi connectivity index (χ0n) is 7.54. The molecule has 0 aromatic heterocycles. The van der Waals surface area contributed by atoms with Gasteiger partial charge in [0.2, 0.25) is 0 Å². The van der Waals surface area contributed by atoms with Gasteiger partial charge >= 0.3 is 5.97 Å². The third-order valence-electron chi connectivity index (χ3n) is 2.22. The molecule has 0 aromatic carbocycles. The third-order valence-corrected chi connectivity index (χ3v) is 3.56. The minimum absolute atomic E-state index is 0.0921. The Hall–Kier alpha value is -0.180. The van der Waals surface area contributed by atoms with Gasteiger partial charge in [-0.3, -0.25) is 4.79 Å². The van der Waals surface area contributed by atoms with Crippen LogP contribution in [-0.4, -0.2) is 24.1 Å². The smallest absolute Gasteiger partial charge is 0.315 e. The van der Waals surface area contributed by atoms with Gasteiger partial charge in [-0.25, -0.2) is 0 Å². The van der Waals surface area contributed by atoms with Gasteiger partial charge in [-0.15, -0.1) is 11.8 Å². The number of rotatable bonds is 3. The molecule has 0 saturated heterocycles. The molecule has 0 aromatic rings. The Labute approximate surface area is 78.1 Å². The van der Waals surface area contributed by atoms with Crippen LogP contribution < -0.4 is 0 Å². The fraction of sp³-hybridized carbons (Fsp3) is 0.889. The number of ether oxygens (including phenoxy) is 1. The molecule has 1 aliphatic carbocycles. The van der Waals surface area contributed by atoms with Crippen molar-refractivity contribution in [2.45, 2.75) is 37.4 Å². The first-order valence-electron chi connectivity index (χ1n) is 4.51. The maximum atomic E-state index is 10.8. The Morgan fingerprint density at radius 1 is 1.42 bits per heavy atom. The van der Waals surface area contributed by atoms with Crippen molar-refractivity contribution in [1.82, 2.24) is 0 Å². The topological polar surface area (TPSA) is 26.3 Å². The molecule has 3 heteroatoms. The molecule has 2 nitrogen and oxygen atoms in total. The van der Waals surface area contributed by atoms with E-state index in [1.54, 1.807) is 11.8 Å². The van der Waals surface area contributed by atoms with E-state index in [4.69, 9.17) is 0 Å². The fourth-order valence-corrected chi connectivity index (χ4v) is 2.63. The van der Waals surface area contributed by atoms with E-state index in [1.807, 2.05) is 0 Å². The summed E-state index contributed by atoms with van der Waals surface area (Å²) in [5.74, 6) is 0.437. The first-order valence-corrected chi connectivity index (χ1v) is 5.56. The molecule has 1 saturated carbocycles. The van der Waals surface area contributed by atoms with E-state index in [0.717, 1.165) is 0 Å². The summed E-state index contributed by atoms with van der Waals surface area (Å²) < 4.78 is 4.58. The fourth-order valence-electron chi connectivity index (χ4n) is 1.48. The molecule has 0 bridgehead atoms. The minimum Gasteiger partial charge on any atom is -0.468 e. The van der Waals surface area contributed by atoms with Crippen LogP contribution in [0.1, 0.15) is 32.1 Å². The second-order valence-electron chi connectivity index (χ2n) is 3.15. The molecule has 0 heterocycles. The Morgan fingerprint density at radius 2 is 2.08 bits per heavy atom. The van der Waals surface area contributed by atoms with E-state index < -0.39 is 0 Å². The van der Waals surface area contributed by atoms with Crippen molar-refractivity contribution >= 4 is 17.7 Å². The molecule has 12 heavy (non-hydrogen) atoms. The van der Waals surface area contributed by atoms with Gasteiger partial charge in [-0.2, -0.15) is 0 Å². The summed E-state index contributed by atoms with van der Waals surface area (Å²) in [6.45, 7) is 0. The zero-order valence-corrected chi connectivity index (χ0v) is 8.36. The molecule has 1 fully saturated rings. The third kappa shape index (κ3) is 3.48. The predicted octanol–water partition coefficient (Wildman–Crippen LogP) is 2.23. The summed E-state index contributed by atoms with van der Waals surface area (Å²) in [5, 5.41) is 0.706. The van der Waals surface area contributed by atoms with E-state index in [9.17, 15) is 4.79 Å². The van der Waals surface area contributed by atoms with Crippen LogP contribution in [0.15, 0.2) is 0 Å². The molecule has 0 atom stereocenters. The summed E-state index contributed by atoms with van der Waals surface area (Å²) in [7, 11) is 1.45. The molecule has 0 spiro atoms. The lowest BCUT2D eigenvalue weighted by molar-refractivity contribution is -0.137. The van der Waals surface area contributed by atoms with Crippen LogP contribution >= 0.6 is 11.8 Å². The van der Waals surface area contributed by atoms with Crippen molar-refractivity contribution in [3.8, 4) is 0 Å². The Bertz CT molecular complexity index is 141. The van der Waals surface area contributed by atoms with Gasteiger partial charge in [0, 0.05) is 5.25 Å². The SMILES string of the molecule is COC(=O)CSC1CCCCC1. The van der Waals surface area contributed by atoms with Gasteiger partial charge in [0.25, 0.3) is 0 Å². The summed E-state index contributed by atoms with van der Waals surface area (Å²) in [5.41, 5.74) is 0. The first kappa shape index (κ1) is 9.90. The van der Waals surface area contributed by atoms with Crippen molar-refractivity contribution in [2.75, 3.05) is 12.9 Å². The lowest BCUT2D eigenvalue weighted by Gasteiger charge is -2.20. The van der Waals surface area contributed by atoms with Crippen LogP contribution in [0.3, 0.4) is 0 Å². The number of esters is 1. The van der Waals surface area contributed by atoms with Crippen molar-refractivity contribution in [1.29, 1.82) is 0 Å². The Balaban J connectivity index is 2.09. The summed E-state index contributed by atoms with van der Waals surface area (Å²) in [4.78, 5) is 10.8.